The van der Waals surface area contributed by atoms with Gasteiger partial charge in [0.1, 0.15) is 18.1 Å². The smallest absolute Gasteiger partial charge is 0.160 e. The van der Waals surface area contributed by atoms with E-state index >= 15 is 0 Å². The fraction of sp³-hybridized carbons (Fsp3) is 0.188. The van der Waals surface area contributed by atoms with Crippen molar-refractivity contribution in [2.24, 2.45) is 0 Å². The molecule has 0 fully saturated rings. The van der Waals surface area contributed by atoms with E-state index in [0.29, 0.717) is 12.2 Å². The Hall–Kier alpha value is -1.81. The minimum atomic E-state index is 0.0332. The Kier molecular flexibility index (Phi) is 4.79. The van der Waals surface area contributed by atoms with Crippen molar-refractivity contribution < 1.29 is 14.3 Å². The number of benzene rings is 2. The lowest BCUT2D eigenvalue weighted by Gasteiger charge is -2.10. The third-order valence-electron chi connectivity index (χ3n) is 2.90. The number of carbonyl (C=O) groups excluding carboxylic acids is 1. The largest absolute Gasteiger partial charge is 0.497 e. The predicted octanol–water partition coefficient (Wildman–Crippen LogP) is 4.24. The van der Waals surface area contributed by atoms with Gasteiger partial charge in [0.05, 0.1) is 7.11 Å². The van der Waals surface area contributed by atoms with Gasteiger partial charge in [-0.25, -0.2) is 0 Å². The second-order valence-corrected chi connectivity index (χ2v) is 5.24. The van der Waals surface area contributed by atoms with Crippen LogP contribution in [-0.2, 0) is 6.61 Å². The quantitative estimate of drug-likeness (QED) is 0.767. The Labute approximate surface area is 126 Å². The van der Waals surface area contributed by atoms with Crippen molar-refractivity contribution in [2.75, 3.05) is 7.11 Å². The minimum Gasteiger partial charge on any atom is -0.497 e. The highest BCUT2D eigenvalue weighted by molar-refractivity contribution is 9.10. The van der Waals surface area contributed by atoms with Crippen LogP contribution in [0.1, 0.15) is 22.8 Å². The summed E-state index contributed by atoms with van der Waals surface area (Å²) in [7, 11) is 1.62. The van der Waals surface area contributed by atoms with Crippen molar-refractivity contribution in [2.45, 2.75) is 13.5 Å². The van der Waals surface area contributed by atoms with Crippen LogP contribution in [0.4, 0.5) is 0 Å². The average molecular weight is 335 g/mol. The molecule has 0 amide bonds. The van der Waals surface area contributed by atoms with Crippen LogP contribution >= 0.6 is 15.9 Å². The van der Waals surface area contributed by atoms with Crippen LogP contribution in [0.3, 0.4) is 0 Å². The SMILES string of the molecule is COc1ccc(OCc2cc(Br)ccc2C(C)=O)cc1. The summed E-state index contributed by atoms with van der Waals surface area (Å²) in [5.41, 5.74) is 1.55. The average Bonchev–Trinajstić information content (AvgIpc) is 2.45. The van der Waals surface area contributed by atoms with Crippen LogP contribution in [0.25, 0.3) is 0 Å². The lowest BCUT2D eigenvalue weighted by molar-refractivity contribution is 0.101. The predicted molar refractivity (Wildman–Crippen MR) is 81.5 cm³/mol. The number of carbonyl (C=O) groups is 1. The first kappa shape index (κ1) is 14.6. The van der Waals surface area contributed by atoms with Crippen LogP contribution in [-0.4, -0.2) is 12.9 Å². The van der Waals surface area contributed by atoms with Crippen molar-refractivity contribution >= 4 is 21.7 Å². The molecule has 0 heterocycles. The lowest BCUT2D eigenvalue weighted by atomic mass is 10.1. The Balaban J connectivity index is 2.13. The number of Topliss-reactive ketones (excluding diaryl/α,β-unsaturated/α-hetero) is 1. The van der Waals surface area contributed by atoms with Crippen LogP contribution in [0.5, 0.6) is 11.5 Å². The maximum absolute atomic E-state index is 11.6. The molecule has 2 rings (SSSR count). The van der Waals surface area contributed by atoms with Gasteiger partial charge in [-0.15, -0.1) is 0 Å². The molecule has 0 aliphatic heterocycles. The number of hydrogen-bond acceptors (Lipinski definition) is 3. The number of hydrogen-bond donors (Lipinski definition) is 0. The zero-order valence-electron chi connectivity index (χ0n) is 11.4. The van der Waals surface area contributed by atoms with Gasteiger partial charge in [0.25, 0.3) is 0 Å². The highest BCUT2D eigenvalue weighted by Gasteiger charge is 2.08. The molecule has 2 aromatic carbocycles. The highest BCUT2D eigenvalue weighted by Crippen LogP contribution is 2.21. The molecule has 0 unspecified atom stereocenters. The third-order valence-corrected chi connectivity index (χ3v) is 3.39. The summed E-state index contributed by atoms with van der Waals surface area (Å²) >= 11 is 3.41. The van der Waals surface area contributed by atoms with Crippen molar-refractivity contribution in [3.8, 4) is 11.5 Å². The fourth-order valence-electron chi connectivity index (χ4n) is 1.86. The summed E-state index contributed by atoms with van der Waals surface area (Å²) in [5.74, 6) is 1.55. The maximum atomic E-state index is 11.6. The monoisotopic (exact) mass is 334 g/mol. The Morgan fingerprint density at radius 1 is 1.10 bits per heavy atom. The molecule has 0 radical (unpaired) electrons. The summed E-state index contributed by atoms with van der Waals surface area (Å²) in [5, 5.41) is 0. The topological polar surface area (TPSA) is 35.5 Å². The molecule has 0 saturated carbocycles. The van der Waals surface area contributed by atoms with E-state index in [1.54, 1.807) is 20.1 Å². The van der Waals surface area contributed by atoms with Gasteiger partial charge in [0.15, 0.2) is 5.78 Å². The van der Waals surface area contributed by atoms with Crippen LogP contribution in [0, 0.1) is 0 Å². The van der Waals surface area contributed by atoms with Gasteiger partial charge >= 0.3 is 0 Å². The van der Waals surface area contributed by atoms with E-state index in [1.807, 2.05) is 36.4 Å². The fourth-order valence-corrected chi connectivity index (χ4v) is 2.27. The molecular weight excluding hydrogens is 320 g/mol. The third kappa shape index (κ3) is 3.61. The summed E-state index contributed by atoms with van der Waals surface area (Å²) in [6, 6.07) is 12.9. The zero-order chi connectivity index (χ0) is 14.5. The molecule has 0 atom stereocenters. The molecule has 20 heavy (non-hydrogen) atoms. The van der Waals surface area contributed by atoms with Crippen LogP contribution in [0.2, 0.25) is 0 Å². The van der Waals surface area contributed by atoms with E-state index < -0.39 is 0 Å². The number of halogens is 1. The highest BCUT2D eigenvalue weighted by atomic mass is 79.9. The zero-order valence-corrected chi connectivity index (χ0v) is 12.9. The molecule has 0 aliphatic carbocycles. The Morgan fingerprint density at radius 2 is 1.75 bits per heavy atom. The van der Waals surface area contributed by atoms with Crippen molar-refractivity contribution in [3.63, 3.8) is 0 Å². The first-order valence-electron chi connectivity index (χ1n) is 6.16. The molecule has 0 saturated heterocycles. The first-order chi connectivity index (χ1) is 9.60. The van der Waals surface area contributed by atoms with E-state index in [4.69, 9.17) is 9.47 Å². The van der Waals surface area contributed by atoms with Crippen LogP contribution < -0.4 is 9.47 Å². The standard InChI is InChI=1S/C16H15BrO3/c1-11(18)16-8-3-13(17)9-12(16)10-20-15-6-4-14(19-2)5-7-15/h3-9H,10H2,1-2H3. The molecule has 0 spiro atoms. The molecule has 2 aromatic rings. The summed E-state index contributed by atoms with van der Waals surface area (Å²) < 4.78 is 11.7. The lowest BCUT2D eigenvalue weighted by Crippen LogP contribution is -2.03. The maximum Gasteiger partial charge on any atom is 0.160 e. The normalized spacial score (nSPS) is 10.2. The van der Waals surface area contributed by atoms with Crippen molar-refractivity contribution in [1.82, 2.24) is 0 Å². The van der Waals surface area contributed by atoms with Gasteiger partial charge in [0.2, 0.25) is 0 Å². The van der Waals surface area contributed by atoms with Gasteiger partial charge in [0, 0.05) is 15.6 Å². The van der Waals surface area contributed by atoms with Crippen LogP contribution in [0.15, 0.2) is 46.9 Å². The van der Waals surface area contributed by atoms with Crippen molar-refractivity contribution in [1.29, 1.82) is 0 Å². The molecule has 0 aromatic heterocycles. The van der Waals surface area contributed by atoms with Gasteiger partial charge < -0.3 is 9.47 Å². The Morgan fingerprint density at radius 3 is 2.35 bits per heavy atom. The number of methoxy groups -OCH3 is 1. The number of rotatable bonds is 5. The summed E-state index contributed by atoms with van der Waals surface area (Å²) in [6.45, 7) is 1.90. The van der Waals surface area contributed by atoms with E-state index in [2.05, 4.69) is 15.9 Å². The van der Waals surface area contributed by atoms with E-state index in [9.17, 15) is 4.79 Å². The van der Waals surface area contributed by atoms with Gasteiger partial charge in [-0.2, -0.15) is 0 Å². The number of ether oxygens (including phenoxy) is 2. The first-order valence-corrected chi connectivity index (χ1v) is 6.95. The van der Waals surface area contributed by atoms with Gasteiger partial charge in [-0.3, -0.25) is 4.79 Å². The Bertz CT molecular complexity index is 606. The van der Waals surface area contributed by atoms with E-state index in [0.717, 1.165) is 21.5 Å². The molecule has 104 valence electrons. The second-order valence-electron chi connectivity index (χ2n) is 4.32. The number of ketones is 1. The van der Waals surface area contributed by atoms with Crippen molar-refractivity contribution in [3.05, 3.63) is 58.1 Å². The second kappa shape index (κ2) is 6.57. The van der Waals surface area contributed by atoms with E-state index in [1.165, 1.54) is 0 Å². The molecular formula is C16H15BrO3. The summed E-state index contributed by atoms with van der Waals surface area (Å²) in [4.78, 5) is 11.6. The van der Waals surface area contributed by atoms with Gasteiger partial charge in [-0.1, -0.05) is 15.9 Å². The molecule has 0 aliphatic rings. The van der Waals surface area contributed by atoms with Gasteiger partial charge in [-0.05, 0) is 49.4 Å². The molecule has 4 heteroatoms. The molecule has 0 bridgehead atoms. The van der Waals surface area contributed by atoms with E-state index in [-0.39, 0.29) is 5.78 Å². The molecule has 0 N–H and O–H groups in total. The molecule has 3 nitrogen and oxygen atoms in total. The minimum absolute atomic E-state index is 0.0332. The summed E-state index contributed by atoms with van der Waals surface area (Å²) in [6.07, 6.45) is 0.